The van der Waals surface area contributed by atoms with Crippen molar-refractivity contribution in [2.45, 2.75) is 25.0 Å². The van der Waals surface area contributed by atoms with Crippen LogP contribution in [0.15, 0.2) is 98.1 Å². The molecule has 0 unspecified atom stereocenters. The van der Waals surface area contributed by atoms with E-state index in [-0.39, 0.29) is 17.1 Å². The molecule has 20 nitrogen and oxygen atoms in total. The van der Waals surface area contributed by atoms with Crippen LogP contribution in [0.25, 0.3) is 0 Å². The van der Waals surface area contributed by atoms with E-state index in [9.17, 15) is 10.2 Å². The summed E-state index contributed by atoms with van der Waals surface area (Å²) in [4.78, 5) is 17.4. The number of nitrogens with zero attached hydrogens (tertiary/aromatic N) is 8. The summed E-state index contributed by atoms with van der Waals surface area (Å²) in [5, 5.41) is 23.2. The number of ether oxygens (including phenoxy) is 2. The van der Waals surface area contributed by atoms with Crippen LogP contribution in [0.2, 0.25) is 0 Å². The molecule has 0 aliphatic heterocycles. The summed E-state index contributed by atoms with van der Waals surface area (Å²) in [5.74, 6) is 3.57. The molecular formula is C34H40Cl2CuN8O12. The fourth-order valence-electron chi connectivity index (χ4n) is 5.49. The van der Waals surface area contributed by atoms with Crippen molar-refractivity contribution in [2.75, 3.05) is 13.2 Å². The number of aromatic nitrogens is 8. The molecule has 0 atom stereocenters. The maximum Gasteiger partial charge on any atom is 2.00 e. The van der Waals surface area contributed by atoms with Crippen LogP contribution >= 0.6 is 0 Å². The third-order valence-corrected chi connectivity index (χ3v) is 7.75. The molecule has 6 rings (SSSR count). The van der Waals surface area contributed by atoms with Gasteiger partial charge in [-0.05, 0) is 49.2 Å². The molecule has 57 heavy (non-hydrogen) atoms. The Bertz CT molecular complexity index is 1840. The van der Waals surface area contributed by atoms with E-state index in [1.54, 1.807) is 67.8 Å². The van der Waals surface area contributed by atoms with Crippen molar-refractivity contribution in [3.63, 3.8) is 0 Å². The Kier molecular flexibility index (Phi) is 17.8. The Hall–Kier alpha value is -4.42. The normalized spacial score (nSPS) is 11.5. The van der Waals surface area contributed by atoms with Gasteiger partial charge in [0.1, 0.15) is 11.5 Å². The van der Waals surface area contributed by atoms with E-state index in [1.165, 1.54) is 0 Å². The van der Waals surface area contributed by atoms with Gasteiger partial charge in [-0.15, -0.1) is 20.5 Å². The van der Waals surface area contributed by atoms with Crippen LogP contribution in [-0.4, -0.2) is 61.6 Å². The van der Waals surface area contributed by atoms with Gasteiger partial charge in [-0.25, -0.2) is 57.2 Å². The van der Waals surface area contributed by atoms with Crippen LogP contribution in [-0.2, 0) is 56.5 Å². The molecule has 0 aliphatic carbocycles. The van der Waals surface area contributed by atoms with E-state index >= 15 is 0 Å². The molecule has 0 saturated carbocycles. The molecule has 313 valence electrons. The standard InChI is InChI=1S/2C17H20N4O2.2ClHO4.Cu/c2*1-4-23-14-7-5-13(6-8-14)17(22,15-18-9-11-20(15)2)16-19-10-12-21(16)3;2*2-1(3,4)5;/h2*5-12,22H,4H2,1-3H3;2*(H,2,3,4,5);/q;;;;+2/p-2. The van der Waals surface area contributed by atoms with E-state index in [4.69, 9.17) is 46.7 Å². The predicted molar refractivity (Wildman–Crippen MR) is 172 cm³/mol. The van der Waals surface area contributed by atoms with Gasteiger partial charge in [0.05, 0.1) is 13.2 Å². The molecule has 0 spiro atoms. The van der Waals surface area contributed by atoms with Gasteiger partial charge < -0.3 is 38.0 Å². The van der Waals surface area contributed by atoms with Crippen molar-refractivity contribution in [2.24, 2.45) is 28.2 Å². The molecule has 0 aliphatic rings. The molecule has 0 bridgehead atoms. The largest absolute Gasteiger partial charge is 2.00 e. The maximum atomic E-state index is 11.6. The summed E-state index contributed by atoms with van der Waals surface area (Å²) in [5.41, 5.74) is -1.52. The Morgan fingerprint density at radius 1 is 0.491 bits per heavy atom. The van der Waals surface area contributed by atoms with Crippen molar-refractivity contribution in [3.05, 3.63) is 133 Å². The number of halogens is 2. The number of hydrogen-bond acceptors (Lipinski definition) is 16. The van der Waals surface area contributed by atoms with Crippen LogP contribution < -0.4 is 46.7 Å². The van der Waals surface area contributed by atoms with Crippen LogP contribution in [0.4, 0.5) is 0 Å². The first-order valence-corrected chi connectivity index (χ1v) is 18.7. The van der Waals surface area contributed by atoms with Gasteiger partial charge in [0, 0.05) is 77.8 Å². The van der Waals surface area contributed by atoms with E-state index in [0.29, 0.717) is 47.6 Å². The first kappa shape index (κ1) is 48.7. The molecule has 4 heterocycles. The Labute approximate surface area is 342 Å². The SMILES string of the molecule is CCOc1ccc(C(O)(c2nccn2C)c2nccn2C)cc1.CCOc1ccc(C(O)(c2nccn2C)c2nccn2C)cc1.[Cu+2].[O-][Cl+3]([O-])([O-])[O-].[O-][Cl+3]([O-])([O-])[O-]. The number of rotatable bonds is 10. The number of aryl methyl sites for hydroxylation is 4. The summed E-state index contributed by atoms with van der Waals surface area (Å²) < 4.78 is 86.1. The van der Waals surface area contributed by atoms with Gasteiger partial charge in [-0.1, -0.05) is 24.3 Å². The van der Waals surface area contributed by atoms with Crippen LogP contribution in [0.5, 0.6) is 11.5 Å². The third kappa shape index (κ3) is 13.3. The van der Waals surface area contributed by atoms with Crippen molar-refractivity contribution in [1.82, 2.24) is 38.2 Å². The van der Waals surface area contributed by atoms with E-state index in [0.717, 1.165) is 11.5 Å². The van der Waals surface area contributed by atoms with Gasteiger partial charge in [0.25, 0.3) is 0 Å². The van der Waals surface area contributed by atoms with E-state index in [2.05, 4.69) is 19.9 Å². The second-order valence-electron chi connectivity index (χ2n) is 11.5. The third-order valence-electron chi connectivity index (χ3n) is 7.75. The minimum Gasteiger partial charge on any atom is -0.494 e. The first-order valence-electron chi connectivity index (χ1n) is 16.2. The summed E-state index contributed by atoms with van der Waals surface area (Å²) in [7, 11) is -2.48. The molecular weight excluding hydrogens is 847 g/mol. The molecule has 0 fully saturated rings. The predicted octanol–water partition coefficient (Wildman–Crippen LogP) is -5.84. The van der Waals surface area contributed by atoms with Gasteiger partial charge >= 0.3 is 17.1 Å². The van der Waals surface area contributed by atoms with Crippen LogP contribution in [0.3, 0.4) is 0 Å². The zero-order valence-electron chi connectivity index (χ0n) is 31.3. The minimum atomic E-state index is -4.94. The number of benzene rings is 2. The van der Waals surface area contributed by atoms with Crippen LogP contribution in [0.1, 0.15) is 48.3 Å². The van der Waals surface area contributed by atoms with Gasteiger partial charge in [-0.2, -0.15) is 0 Å². The molecule has 0 saturated heterocycles. The van der Waals surface area contributed by atoms with Crippen molar-refractivity contribution < 1.29 is 94.5 Å². The zero-order valence-corrected chi connectivity index (χ0v) is 33.7. The Morgan fingerprint density at radius 2 is 0.702 bits per heavy atom. The van der Waals surface area contributed by atoms with E-state index in [1.807, 2.05) is 90.6 Å². The van der Waals surface area contributed by atoms with E-state index < -0.39 is 31.7 Å². The second kappa shape index (κ2) is 20.8. The molecule has 0 amide bonds. The monoisotopic (exact) mass is 885 g/mol. The van der Waals surface area contributed by atoms with Crippen molar-refractivity contribution in [1.29, 1.82) is 0 Å². The summed E-state index contributed by atoms with van der Waals surface area (Å²) >= 11 is 0. The number of hydrogen-bond donors (Lipinski definition) is 2. The van der Waals surface area contributed by atoms with Gasteiger partial charge in [-0.3, -0.25) is 0 Å². The molecule has 2 N–H and O–H groups in total. The zero-order chi connectivity index (χ0) is 41.9. The molecule has 23 heteroatoms. The maximum absolute atomic E-state index is 11.6. The van der Waals surface area contributed by atoms with Crippen molar-refractivity contribution >= 4 is 0 Å². The average molecular weight is 887 g/mol. The molecule has 4 aromatic heterocycles. The van der Waals surface area contributed by atoms with Crippen LogP contribution in [0, 0.1) is 20.5 Å². The summed E-state index contributed by atoms with van der Waals surface area (Å²) in [6.07, 6.45) is 13.9. The Balaban J connectivity index is 0.000000314. The fraction of sp³-hybridized carbons (Fsp3) is 0.294. The van der Waals surface area contributed by atoms with Crippen molar-refractivity contribution in [3.8, 4) is 11.5 Å². The van der Waals surface area contributed by atoms with Gasteiger partial charge in [0.15, 0.2) is 23.3 Å². The minimum absolute atomic E-state index is 0. The molecule has 1 radical (unpaired) electrons. The summed E-state index contributed by atoms with van der Waals surface area (Å²) in [6, 6.07) is 14.7. The topological polar surface area (TPSA) is 315 Å². The number of imidazole rings is 4. The number of aliphatic hydroxyl groups is 2. The Morgan fingerprint density at radius 3 is 0.860 bits per heavy atom. The smallest absolute Gasteiger partial charge is 0.494 e. The molecule has 2 aromatic carbocycles. The summed E-state index contributed by atoms with van der Waals surface area (Å²) in [6.45, 7) is 5.07. The second-order valence-corrected chi connectivity index (χ2v) is 13.1. The first-order chi connectivity index (χ1) is 26.1. The average Bonchev–Trinajstić information content (AvgIpc) is 3.93. The fourth-order valence-corrected chi connectivity index (χ4v) is 5.49. The quantitative estimate of drug-likeness (QED) is 0.121. The van der Waals surface area contributed by atoms with Gasteiger partial charge in [0.2, 0.25) is 11.2 Å². The molecule has 6 aromatic rings.